The van der Waals surface area contributed by atoms with E-state index < -0.39 is 0 Å². The molecule has 0 saturated heterocycles. The van der Waals surface area contributed by atoms with Gasteiger partial charge in [-0.25, -0.2) is 9.97 Å². The van der Waals surface area contributed by atoms with Gasteiger partial charge in [-0.1, -0.05) is 19.1 Å². The van der Waals surface area contributed by atoms with Gasteiger partial charge in [0.05, 0.1) is 0 Å². The van der Waals surface area contributed by atoms with Crippen molar-refractivity contribution in [3.63, 3.8) is 0 Å². The Kier molecular flexibility index (Phi) is 3.35. The first-order valence-corrected chi connectivity index (χ1v) is 5.74. The van der Waals surface area contributed by atoms with Gasteiger partial charge in [0.1, 0.15) is 0 Å². The monoisotopic (exact) mass is 216 g/mol. The van der Waals surface area contributed by atoms with Crippen LogP contribution in [0.3, 0.4) is 0 Å². The molecule has 2 rings (SSSR count). The Morgan fingerprint density at radius 3 is 2.33 bits per heavy atom. The highest BCUT2D eigenvalue weighted by molar-refractivity contribution is 7.99. The molecule has 0 N–H and O–H groups in total. The maximum absolute atomic E-state index is 4.17. The van der Waals surface area contributed by atoms with Gasteiger partial charge < -0.3 is 0 Å². The molecule has 3 heteroatoms. The molecule has 0 saturated carbocycles. The summed E-state index contributed by atoms with van der Waals surface area (Å²) in [5, 5.41) is 0.793. The average molecular weight is 216 g/mol. The summed E-state index contributed by atoms with van der Waals surface area (Å²) in [5.74, 6) is 0. The number of hydrogen-bond acceptors (Lipinski definition) is 3. The molecule has 0 unspecified atom stereocenters. The first-order valence-electron chi connectivity index (χ1n) is 4.92. The first-order chi connectivity index (χ1) is 7.38. The van der Waals surface area contributed by atoms with Crippen molar-refractivity contribution in [3.8, 4) is 0 Å². The van der Waals surface area contributed by atoms with Crippen molar-refractivity contribution >= 4 is 11.8 Å². The molecule has 2 aromatic rings. The van der Waals surface area contributed by atoms with Crippen LogP contribution in [0.5, 0.6) is 0 Å². The van der Waals surface area contributed by atoms with Crippen molar-refractivity contribution in [1.29, 1.82) is 0 Å². The second kappa shape index (κ2) is 4.94. The maximum atomic E-state index is 4.17. The smallest absolute Gasteiger partial charge is 0.192 e. The Morgan fingerprint density at radius 2 is 1.73 bits per heavy atom. The zero-order chi connectivity index (χ0) is 10.5. The Hall–Kier alpha value is -1.35. The normalized spacial score (nSPS) is 10.2. The topological polar surface area (TPSA) is 25.8 Å². The molecule has 1 aromatic heterocycles. The molecule has 0 radical (unpaired) electrons. The highest BCUT2D eigenvalue weighted by Crippen LogP contribution is 2.23. The quantitative estimate of drug-likeness (QED) is 0.737. The Morgan fingerprint density at radius 1 is 1.07 bits per heavy atom. The SMILES string of the molecule is CCc1ccc(Sc2ncccn2)cc1. The van der Waals surface area contributed by atoms with E-state index in [9.17, 15) is 0 Å². The molecule has 0 spiro atoms. The predicted molar refractivity (Wildman–Crippen MR) is 62.0 cm³/mol. The van der Waals surface area contributed by atoms with Crippen LogP contribution in [-0.4, -0.2) is 9.97 Å². The minimum absolute atomic E-state index is 0.793. The molecule has 0 atom stereocenters. The summed E-state index contributed by atoms with van der Waals surface area (Å²) in [7, 11) is 0. The van der Waals surface area contributed by atoms with Gasteiger partial charge >= 0.3 is 0 Å². The third kappa shape index (κ3) is 2.80. The van der Waals surface area contributed by atoms with Crippen LogP contribution in [0.2, 0.25) is 0 Å². The van der Waals surface area contributed by atoms with Gasteiger partial charge in [-0.3, -0.25) is 0 Å². The third-order valence-electron chi connectivity index (χ3n) is 2.08. The van der Waals surface area contributed by atoms with E-state index in [4.69, 9.17) is 0 Å². The molecule has 15 heavy (non-hydrogen) atoms. The fourth-order valence-corrected chi connectivity index (χ4v) is 1.95. The Bertz CT molecular complexity index is 411. The van der Waals surface area contributed by atoms with Crippen LogP contribution in [0.15, 0.2) is 52.8 Å². The van der Waals surface area contributed by atoms with E-state index in [2.05, 4.69) is 41.2 Å². The van der Waals surface area contributed by atoms with Gasteiger partial charge in [0.15, 0.2) is 5.16 Å². The van der Waals surface area contributed by atoms with Crippen molar-refractivity contribution in [1.82, 2.24) is 9.97 Å². The van der Waals surface area contributed by atoms with E-state index in [-0.39, 0.29) is 0 Å². The van der Waals surface area contributed by atoms with Gasteiger partial charge in [-0.2, -0.15) is 0 Å². The van der Waals surface area contributed by atoms with Crippen molar-refractivity contribution in [2.75, 3.05) is 0 Å². The van der Waals surface area contributed by atoms with Crippen molar-refractivity contribution in [3.05, 3.63) is 48.3 Å². The van der Waals surface area contributed by atoms with Crippen LogP contribution in [0, 0.1) is 0 Å². The van der Waals surface area contributed by atoms with Crippen LogP contribution in [0.25, 0.3) is 0 Å². The molecule has 1 aromatic carbocycles. The fraction of sp³-hybridized carbons (Fsp3) is 0.167. The number of rotatable bonds is 3. The van der Waals surface area contributed by atoms with E-state index in [1.165, 1.54) is 10.5 Å². The second-order valence-corrected chi connectivity index (χ2v) is 4.17. The molecule has 0 amide bonds. The lowest BCUT2D eigenvalue weighted by molar-refractivity contribution is 0.966. The van der Waals surface area contributed by atoms with Gasteiger partial charge in [-0.15, -0.1) is 0 Å². The maximum Gasteiger partial charge on any atom is 0.192 e. The Labute approximate surface area is 93.8 Å². The number of benzene rings is 1. The molecular weight excluding hydrogens is 204 g/mol. The van der Waals surface area contributed by atoms with Crippen molar-refractivity contribution in [2.45, 2.75) is 23.4 Å². The highest BCUT2D eigenvalue weighted by atomic mass is 32.2. The zero-order valence-corrected chi connectivity index (χ0v) is 9.37. The number of aromatic nitrogens is 2. The number of aryl methyl sites for hydroxylation is 1. The molecule has 76 valence electrons. The van der Waals surface area contributed by atoms with Gasteiger partial charge in [0.25, 0.3) is 0 Å². The van der Waals surface area contributed by atoms with E-state index in [1.54, 1.807) is 24.2 Å². The average Bonchev–Trinajstić information content (AvgIpc) is 2.31. The molecule has 2 nitrogen and oxygen atoms in total. The molecule has 0 aliphatic rings. The summed E-state index contributed by atoms with van der Waals surface area (Å²) in [6, 6.07) is 10.3. The van der Waals surface area contributed by atoms with Crippen LogP contribution in [0.1, 0.15) is 12.5 Å². The largest absolute Gasteiger partial charge is 0.231 e. The minimum Gasteiger partial charge on any atom is -0.231 e. The van der Waals surface area contributed by atoms with E-state index >= 15 is 0 Å². The number of nitrogens with zero attached hydrogens (tertiary/aromatic N) is 2. The lowest BCUT2D eigenvalue weighted by atomic mass is 10.2. The summed E-state index contributed by atoms with van der Waals surface area (Å²) in [6.07, 6.45) is 4.60. The lowest BCUT2D eigenvalue weighted by Crippen LogP contribution is -1.83. The lowest BCUT2D eigenvalue weighted by Gasteiger charge is -2.00. The van der Waals surface area contributed by atoms with Crippen molar-refractivity contribution in [2.24, 2.45) is 0 Å². The first kappa shape index (κ1) is 10.2. The summed E-state index contributed by atoms with van der Waals surface area (Å²) in [6.45, 7) is 2.16. The molecule has 0 aliphatic carbocycles. The zero-order valence-electron chi connectivity index (χ0n) is 8.55. The summed E-state index contributed by atoms with van der Waals surface area (Å²) >= 11 is 1.58. The minimum atomic E-state index is 0.793. The van der Waals surface area contributed by atoms with Gasteiger partial charge in [0.2, 0.25) is 0 Å². The van der Waals surface area contributed by atoms with E-state index in [0.717, 1.165) is 11.6 Å². The molecule has 0 fully saturated rings. The van der Waals surface area contributed by atoms with Crippen molar-refractivity contribution < 1.29 is 0 Å². The van der Waals surface area contributed by atoms with Crippen LogP contribution in [-0.2, 0) is 6.42 Å². The Balaban J connectivity index is 2.11. The van der Waals surface area contributed by atoms with E-state index in [1.807, 2.05) is 6.07 Å². The van der Waals surface area contributed by atoms with Crippen LogP contribution < -0.4 is 0 Å². The summed E-state index contributed by atoms with van der Waals surface area (Å²) in [4.78, 5) is 9.52. The summed E-state index contributed by atoms with van der Waals surface area (Å²) < 4.78 is 0. The fourth-order valence-electron chi connectivity index (χ4n) is 1.24. The molecule has 0 bridgehead atoms. The van der Waals surface area contributed by atoms with Gasteiger partial charge in [-0.05, 0) is 41.9 Å². The number of hydrogen-bond donors (Lipinski definition) is 0. The molecular formula is C12H12N2S. The van der Waals surface area contributed by atoms with E-state index in [0.29, 0.717) is 0 Å². The molecule has 1 heterocycles. The highest BCUT2D eigenvalue weighted by Gasteiger charge is 1.98. The van der Waals surface area contributed by atoms with Gasteiger partial charge in [0, 0.05) is 17.3 Å². The van der Waals surface area contributed by atoms with Crippen LogP contribution >= 0.6 is 11.8 Å². The standard InChI is InChI=1S/C12H12N2S/c1-2-10-4-6-11(7-5-10)15-12-13-8-3-9-14-12/h3-9H,2H2,1H3. The third-order valence-corrected chi connectivity index (χ3v) is 2.98. The predicted octanol–water partition coefficient (Wildman–Crippen LogP) is 3.19. The van der Waals surface area contributed by atoms with Crippen LogP contribution in [0.4, 0.5) is 0 Å². The molecule has 0 aliphatic heterocycles. The summed E-state index contributed by atoms with van der Waals surface area (Å²) in [5.41, 5.74) is 1.35. The second-order valence-electron chi connectivity index (χ2n) is 3.13.